The lowest BCUT2D eigenvalue weighted by molar-refractivity contribution is 0.0951. The summed E-state index contributed by atoms with van der Waals surface area (Å²) < 4.78 is 11.4. The number of pyridine rings is 1. The fourth-order valence-electron chi connectivity index (χ4n) is 3.18. The minimum Gasteiger partial charge on any atom is -0.451 e. The van der Waals surface area contributed by atoms with Crippen LogP contribution in [0.2, 0.25) is 5.02 Å². The van der Waals surface area contributed by atoms with Crippen molar-refractivity contribution in [2.24, 2.45) is 0 Å². The first-order valence-corrected chi connectivity index (χ1v) is 10.6. The highest BCUT2D eigenvalue weighted by molar-refractivity contribution is 7.80. The van der Waals surface area contributed by atoms with E-state index in [4.69, 9.17) is 32.7 Å². The molecule has 0 aliphatic carbocycles. The number of carbonyl (C=O) groups excluding carboxylic acids is 1. The topological polar surface area (TPSA) is 93.2 Å². The molecule has 0 fully saturated rings. The molecule has 3 aromatic heterocycles. The lowest BCUT2D eigenvalue weighted by Crippen LogP contribution is -2.33. The maximum Gasteiger partial charge on any atom is 0.293 e. The number of rotatable bonds is 4. The van der Waals surface area contributed by atoms with Crippen molar-refractivity contribution in [2.45, 2.75) is 0 Å². The summed E-state index contributed by atoms with van der Waals surface area (Å²) in [6, 6.07) is 21.3. The summed E-state index contributed by atoms with van der Waals surface area (Å²) >= 11 is 11.2. The zero-order chi connectivity index (χ0) is 22.8. The van der Waals surface area contributed by atoms with Gasteiger partial charge < -0.3 is 14.2 Å². The highest BCUT2D eigenvalue weighted by atomic mass is 35.5. The van der Waals surface area contributed by atoms with E-state index in [1.807, 2.05) is 36.4 Å². The Bertz CT molecular complexity index is 1440. The molecule has 0 spiro atoms. The number of furan rings is 1. The standard InChI is InChI=1S/C24H15ClN4O3S/c25-16-8-6-14(7-9-16)18-10-11-20(31-18)22(30)29-24(33)27-17-4-1-3-15(13-17)23-28-21-19(32-23)5-2-12-26-21/h1-13H,(H2,27,29,30,33). The van der Waals surface area contributed by atoms with Gasteiger partial charge in [-0.15, -0.1) is 0 Å². The van der Waals surface area contributed by atoms with Crippen LogP contribution in [0.3, 0.4) is 0 Å². The number of carbonyl (C=O) groups is 1. The molecule has 33 heavy (non-hydrogen) atoms. The predicted molar refractivity (Wildman–Crippen MR) is 130 cm³/mol. The Morgan fingerprint density at radius 2 is 1.79 bits per heavy atom. The van der Waals surface area contributed by atoms with Crippen molar-refractivity contribution >= 4 is 51.8 Å². The summed E-state index contributed by atoms with van der Waals surface area (Å²) in [6.07, 6.45) is 1.66. The number of anilines is 1. The van der Waals surface area contributed by atoms with E-state index in [0.29, 0.717) is 33.6 Å². The molecule has 9 heteroatoms. The SMILES string of the molecule is O=C(NC(=S)Nc1cccc(-c2nc3ncccc3o2)c1)c1ccc(-c2ccc(Cl)cc2)o1. The Morgan fingerprint density at radius 1 is 0.939 bits per heavy atom. The van der Waals surface area contributed by atoms with Crippen LogP contribution >= 0.6 is 23.8 Å². The molecule has 0 unspecified atom stereocenters. The summed E-state index contributed by atoms with van der Waals surface area (Å²) in [5, 5.41) is 6.35. The van der Waals surface area contributed by atoms with Gasteiger partial charge in [-0.1, -0.05) is 17.7 Å². The highest BCUT2D eigenvalue weighted by Gasteiger charge is 2.15. The molecule has 0 saturated heterocycles. The smallest absolute Gasteiger partial charge is 0.293 e. The van der Waals surface area contributed by atoms with Crippen LogP contribution in [0.1, 0.15) is 10.6 Å². The van der Waals surface area contributed by atoms with Gasteiger partial charge in [0.15, 0.2) is 22.1 Å². The Kier molecular flexibility index (Phi) is 5.60. The van der Waals surface area contributed by atoms with Crippen molar-refractivity contribution in [1.29, 1.82) is 0 Å². The quantitative estimate of drug-likeness (QED) is 0.312. The van der Waals surface area contributed by atoms with Crippen LogP contribution in [-0.4, -0.2) is 21.0 Å². The lowest BCUT2D eigenvalue weighted by Gasteiger charge is -2.09. The summed E-state index contributed by atoms with van der Waals surface area (Å²) in [7, 11) is 0. The zero-order valence-corrected chi connectivity index (χ0v) is 18.5. The minimum absolute atomic E-state index is 0.126. The van der Waals surface area contributed by atoms with E-state index in [1.165, 1.54) is 0 Å². The number of hydrogen-bond donors (Lipinski definition) is 2. The molecule has 1 amide bonds. The van der Waals surface area contributed by atoms with Crippen LogP contribution in [0.4, 0.5) is 5.69 Å². The van der Waals surface area contributed by atoms with E-state index < -0.39 is 5.91 Å². The fraction of sp³-hybridized carbons (Fsp3) is 0. The number of halogens is 1. The first kappa shape index (κ1) is 20.9. The van der Waals surface area contributed by atoms with Crippen LogP contribution in [0.25, 0.3) is 34.0 Å². The van der Waals surface area contributed by atoms with Crippen molar-refractivity contribution in [3.8, 4) is 22.8 Å². The van der Waals surface area contributed by atoms with Gasteiger partial charge in [0.1, 0.15) is 5.76 Å². The van der Waals surface area contributed by atoms with Crippen molar-refractivity contribution in [2.75, 3.05) is 5.32 Å². The van der Waals surface area contributed by atoms with Crippen LogP contribution in [0.15, 0.2) is 87.8 Å². The van der Waals surface area contributed by atoms with Crippen LogP contribution in [0.5, 0.6) is 0 Å². The molecule has 162 valence electrons. The minimum atomic E-state index is -0.464. The first-order valence-electron chi connectivity index (χ1n) is 9.85. The number of aromatic nitrogens is 2. The van der Waals surface area contributed by atoms with Crippen LogP contribution in [-0.2, 0) is 0 Å². The Labute approximate surface area is 198 Å². The molecule has 0 bridgehead atoms. The average Bonchev–Trinajstić information content (AvgIpc) is 3.47. The van der Waals surface area contributed by atoms with E-state index in [0.717, 1.165) is 11.1 Å². The number of oxazole rings is 1. The van der Waals surface area contributed by atoms with Crippen LogP contribution < -0.4 is 10.6 Å². The lowest BCUT2D eigenvalue weighted by atomic mass is 10.2. The van der Waals surface area contributed by atoms with Crippen molar-refractivity contribution in [3.63, 3.8) is 0 Å². The van der Waals surface area contributed by atoms with E-state index in [1.54, 1.807) is 42.6 Å². The molecular weight excluding hydrogens is 460 g/mol. The average molecular weight is 475 g/mol. The van der Waals surface area contributed by atoms with Crippen molar-refractivity contribution in [1.82, 2.24) is 15.3 Å². The van der Waals surface area contributed by atoms with Gasteiger partial charge in [-0.2, -0.15) is 4.98 Å². The highest BCUT2D eigenvalue weighted by Crippen LogP contribution is 2.26. The number of hydrogen-bond acceptors (Lipinski definition) is 6. The normalized spacial score (nSPS) is 10.8. The van der Waals surface area contributed by atoms with Gasteiger partial charge in [-0.05, 0) is 78.9 Å². The number of amides is 1. The third-order valence-corrected chi connectivity index (χ3v) is 5.17. The molecule has 5 aromatic rings. The van der Waals surface area contributed by atoms with Gasteiger partial charge in [0, 0.05) is 28.0 Å². The Balaban J connectivity index is 1.26. The summed E-state index contributed by atoms with van der Waals surface area (Å²) in [4.78, 5) is 21.1. The second-order valence-corrected chi connectivity index (χ2v) is 7.85. The summed E-state index contributed by atoms with van der Waals surface area (Å²) in [5.74, 6) is 0.662. The number of nitrogens with zero attached hydrogens (tertiary/aromatic N) is 2. The number of fused-ring (bicyclic) bond motifs is 1. The predicted octanol–water partition coefficient (Wildman–Crippen LogP) is 5.93. The summed E-state index contributed by atoms with van der Waals surface area (Å²) in [5.41, 5.74) is 3.35. The molecule has 2 N–H and O–H groups in total. The van der Waals surface area contributed by atoms with E-state index in [2.05, 4.69) is 20.6 Å². The third-order valence-electron chi connectivity index (χ3n) is 4.72. The monoisotopic (exact) mass is 474 g/mol. The molecule has 0 radical (unpaired) electrons. The third kappa shape index (κ3) is 4.62. The largest absolute Gasteiger partial charge is 0.451 e. The molecule has 0 aliphatic rings. The van der Waals surface area contributed by atoms with Gasteiger partial charge in [-0.25, -0.2) is 4.98 Å². The molecule has 0 saturated carbocycles. The number of thiocarbonyl (C=S) groups is 1. The van der Waals surface area contributed by atoms with Crippen molar-refractivity contribution < 1.29 is 13.6 Å². The van der Waals surface area contributed by atoms with Gasteiger partial charge in [0.25, 0.3) is 5.91 Å². The summed E-state index contributed by atoms with van der Waals surface area (Å²) in [6.45, 7) is 0. The van der Waals surface area contributed by atoms with Crippen molar-refractivity contribution in [3.05, 3.63) is 89.8 Å². The van der Waals surface area contributed by atoms with Gasteiger partial charge >= 0.3 is 0 Å². The molecule has 7 nitrogen and oxygen atoms in total. The Morgan fingerprint density at radius 3 is 2.61 bits per heavy atom. The zero-order valence-electron chi connectivity index (χ0n) is 16.9. The molecule has 0 atom stereocenters. The molecule has 2 aromatic carbocycles. The number of nitrogens with one attached hydrogen (secondary N) is 2. The van der Waals surface area contributed by atoms with Gasteiger partial charge in [0.05, 0.1) is 0 Å². The van der Waals surface area contributed by atoms with E-state index in [-0.39, 0.29) is 10.9 Å². The van der Waals surface area contributed by atoms with E-state index in [9.17, 15) is 4.79 Å². The van der Waals surface area contributed by atoms with E-state index >= 15 is 0 Å². The maximum absolute atomic E-state index is 12.5. The second kappa shape index (κ2) is 8.85. The molecule has 5 rings (SSSR count). The molecule has 0 aliphatic heterocycles. The van der Waals surface area contributed by atoms with Gasteiger partial charge in [0.2, 0.25) is 5.89 Å². The molecule has 3 heterocycles. The second-order valence-electron chi connectivity index (χ2n) is 7.00. The van der Waals surface area contributed by atoms with Gasteiger partial charge in [-0.3, -0.25) is 10.1 Å². The Hall–Kier alpha value is -4.01. The fourth-order valence-corrected chi connectivity index (χ4v) is 3.52. The first-order chi connectivity index (χ1) is 16.0. The number of benzene rings is 2. The molecular formula is C24H15ClN4O3S. The maximum atomic E-state index is 12.5. The van der Waals surface area contributed by atoms with Crippen LogP contribution in [0, 0.1) is 0 Å².